The molecule has 0 bridgehead atoms. The number of nitrogens with zero attached hydrogens (tertiary/aromatic N) is 3. The van der Waals surface area contributed by atoms with Crippen molar-refractivity contribution in [2.24, 2.45) is 0 Å². The van der Waals surface area contributed by atoms with Crippen LogP contribution in [0.4, 0.5) is 13.2 Å². The van der Waals surface area contributed by atoms with Crippen LogP contribution in [0.5, 0.6) is 11.5 Å². The number of rotatable bonds is 4. The summed E-state index contributed by atoms with van der Waals surface area (Å²) < 4.78 is 46.2. The van der Waals surface area contributed by atoms with Crippen molar-refractivity contribution in [2.45, 2.75) is 18.6 Å². The zero-order chi connectivity index (χ0) is 20.6. The molecule has 0 saturated carbocycles. The van der Waals surface area contributed by atoms with Gasteiger partial charge in [0.25, 0.3) is 0 Å². The van der Waals surface area contributed by atoms with E-state index in [1.54, 1.807) is 42.5 Å². The van der Waals surface area contributed by atoms with E-state index in [0.717, 1.165) is 12.1 Å². The smallest absolute Gasteiger partial charge is 0.416 e. The largest absolute Gasteiger partial charge is 0.457 e. The lowest BCUT2D eigenvalue weighted by Crippen LogP contribution is -2.24. The molecule has 1 saturated heterocycles. The maximum absolute atomic E-state index is 12.9. The molecular formula is C21H18F3N3O2. The number of benzene rings is 2. The number of amides is 1. The number of likely N-dealkylation sites (tertiary alicyclic amines) is 1. The lowest BCUT2D eigenvalue weighted by atomic mass is 10.1. The second-order valence-corrected chi connectivity index (χ2v) is 6.88. The van der Waals surface area contributed by atoms with Gasteiger partial charge in [0.1, 0.15) is 23.4 Å². The zero-order valence-electron chi connectivity index (χ0n) is 15.6. The number of hydrogen-bond acceptors (Lipinski definition) is 3. The van der Waals surface area contributed by atoms with Crippen LogP contribution in [0.1, 0.15) is 18.0 Å². The molecule has 1 aliphatic heterocycles. The first-order valence-corrected chi connectivity index (χ1v) is 9.06. The highest BCUT2D eigenvalue weighted by Crippen LogP contribution is 2.34. The lowest BCUT2D eigenvalue weighted by molar-refractivity contribution is -0.137. The predicted octanol–water partition coefficient (Wildman–Crippen LogP) is 4.76. The topological polar surface area (TPSA) is 47.4 Å². The Morgan fingerprint density at radius 1 is 1.10 bits per heavy atom. The van der Waals surface area contributed by atoms with Crippen LogP contribution in [0.15, 0.2) is 60.9 Å². The Balaban J connectivity index is 1.61. The average molecular weight is 401 g/mol. The van der Waals surface area contributed by atoms with E-state index in [1.165, 1.54) is 12.1 Å². The highest BCUT2D eigenvalue weighted by atomic mass is 19.4. The van der Waals surface area contributed by atoms with Crippen molar-refractivity contribution >= 4 is 5.91 Å². The van der Waals surface area contributed by atoms with Crippen LogP contribution < -0.4 is 4.74 Å². The molecule has 1 atom stereocenters. The Bertz CT molecular complexity index is 1050. The number of alkyl halides is 3. The Kier molecular flexibility index (Phi) is 4.77. The van der Waals surface area contributed by atoms with E-state index in [1.807, 2.05) is 10.6 Å². The maximum Gasteiger partial charge on any atom is 0.416 e. The van der Waals surface area contributed by atoms with Gasteiger partial charge in [-0.3, -0.25) is 4.79 Å². The number of imidazole rings is 1. The summed E-state index contributed by atoms with van der Waals surface area (Å²) in [6.07, 6.45) is -0.356. The quantitative estimate of drug-likeness (QED) is 0.633. The van der Waals surface area contributed by atoms with E-state index in [9.17, 15) is 18.0 Å². The summed E-state index contributed by atoms with van der Waals surface area (Å²) in [7, 11) is 1.77. The predicted molar refractivity (Wildman–Crippen MR) is 100 cm³/mol. The van der Waals surface area contributed by atoms with Crippen LogP contribution in [0.25, 0.3) is 11.4 Å². The van der Waals surface area contributed by atoms with Crippen molar-refractivity contribution in [1.82, 2.24) is 14.5 Å². The third-order valence-corrected chi connectivity index (χ3v) is 4.89. The second kappa shape index (κ2) is 7.27. The number of hydrogen-bond donors (Lipinski definition) is 0. The SMILES string of the molecule is CN1CCC(n2ccnc2-c2cccc(Oc3cccc(C(F)(F)F)c3)c2)C1=O. The van der Waals surface area contributed by atoms with Gasteiger partial charge in [-0.05, 0) is 36.8 Å². The van der Waals surface area contributed by atoms with Crippen molar-refractivity contribution in [3.05, 3.63) is 66.5 Å². The highest BCUT2D eigenvalue weighted by Gasteiger charge is 2.32. The molecule has 4 rings (SSSR count). The molecule has 1 amide bonds. The van der Waals surface area contributed by atoms with Crippen LogP contribution in [-0.2, 0) is 11.0 Å². The molecule has 0 radical (unpaired) electrons. The fourth-order valence-electron chi connectivity index (χ4n) is 3.42. The molecule has 1 fully saturated rings. The van der Waals surface area contributed by atoms with Crippen molar-refractivity contribution in [2.75, 3.05) is 13.6 Å². The highest BCUT2D eigenvalue weighted by molar-refractivity contribution is 5.83. The number of halogens is 3. The monoisotopic (exact) mass is 401 g/mol. The molecule has 2 heterocycles. The number of ether oxygens (including phenoxy) is 1. The van der Waals surface area contributed by atoms with Gasteiger partial charge in [0, 0.05) is 31.5 Å². The number of carbonyl (C=O) groups is 1. The molecule has 8 heteroatoms. The third kappa shape index (κ3) is 3.83. The van der Waals surface area contributed by atoms with Gasteiger partial charge in [-0.15, -0.1) is 0 Å². The zero-order valence-corrected chi connectivity index (χ0v) is 15.6. The van der Waals surface area contributed by atoms with Gasteiger partial charge >= 0.3 is 6.18 Å². The minimum Gasteiger partial charge on any atom is -0.457 e. The standard InChI is InChI=1S/C21H18F3N3O2/c1-26-10-8-18(20(26)28)27-11-9-25-19(27)14-4-2-6-16(12-14)29-17-7-3-5-15(13-17)21(22,23)24/h2-7,9,11-13,18H,8,10H2,1H3. The first-order valence-electron chi connectivity index (χ1n) is 9.06. The molecule has 0 aliphatic carbocycles. The molecule has 5 nitrogen and oxygen atoms in total. The van der Waals surface area contributed by atoms with E-state index in [-0.39, 0.29) is 17.7 Å². The summed E-state index contributed by atoms with van der Waals surface area (Å²) in [5.74, 6) is 1.10. The van der Waals surface area contributed by atoms with Crippen molar-refractivity contribution in [3.63, 3.8) is 0 Å². The van der Waals surface area contributed by atoms with Crippen LogP contribution >= 0.6 is 0 Å². The normalized spacial score (nSPS) is 17.0. The average Bonchev–Trinajstić information content (AvgIpc) is 3.29. The molecule has 2 aromatic carbocycles. The minimum atomic E-state index is -4.44. The number of aromatic nitrogens is 2. The molecule has 1 unspecified atom stereocenters. The summed E-state index contributed by atoms with van der Waals surface area (Å²) in [6.45, 7) is 0.680. The van der Waals surface area contributed by atoms with E-state index in [2.05, 4.69) is 4.98 Å². The second-order valence-electron chi connectivity index (χ2n) is 6.88. The van der Waals surface area contributed by atoms with Crippen LogP contribution in [-0.4, -0.2) is 34.0 Å². The first-order chi connectivity index (χ1) is 13.8. The van der Waals surface area contributed by atoms with Gasteiger partial charge in [0.05, 0.1) is 5.56 Å². The van der Waals surface area contributed by atoms with Gasteiger partial charge < -0.3 is 14.2 Å². The van der Waals surface area contributed by atoms with Crippen molar-refractivity contribution in [3.8, 4) is 22.9 Å². The fraction of sp³-hybridized carbons (Fsp3) is 0.238. The van der Waals surface area contributed by atoms with Crippen molar-refractivity contribution < 1.29 is 22.7 Å². The third-order valence-electron chi connectivity index (χ3n) is 4.89. The molecule has 3 aromatic rings. The minimum absolute atomic E-state index is 0.0284. The number of carbonyl (C=O) groups excluding carboxylic acids is 1. The summed E-state index contributed by atoms with van der Waals surface area (Å²) in [5, 5.41) is 0. The molecule has 0 spiro atoms. The summed E-state index contributed by atoms with van der Waals surface area (Å²) >= 11 is 0. The van der Waals surface area contributed by atoms with E-state index < -0.39 is 11.7 Å². The molecule has 1 aliphatic rings. The maximum atomic E-state index is 12.9. The van der Waals surface area contributed by atoms with E-state index in [4.69, 9.17) is 4.74 Å². The molecule has 0 N–H and O–H groups in total. The van der Waals surface area contributed by atoms with Crippen LogP contribution in [0.2, 0.25) is 0 Å². The molecule has 1 aromatic heterocycles. The van der Waals surface area contributed by atoms with Gasteiger partial charge in [0.2, 0.25) is 5.91 Å². The lowest BCUT2D eigenvalue weighted by Gasteiger charge is -2.15. The van der Waals surface area contributed by atoms with E-state index in [0.29, 0.717) is 30.1 Å². The molecular weight excluding hydrogens is 383 g/mol. The summed E-state index contributed by atoms with van der Waals surface area (Å²) in [4.78, 5) is 18.4. The Labute approximate surface area is 165 Å². The van der Waals surface area contributed by atoms with Gasteiger partial charge in [-0.1, -0.05) is 18.2 Å². The summed E-state index contributed by atoms with van der Waals surface area (Å²) in [6, 6.07) is 11.3. The van der Waals surface area contributed by atoms with Crippen LogP contribution in [0, 0.1) is 0 Å². The first kappa shape index (κ1) is 19.0. The Hall–Kier alpha value is -3.29. The fourth-order valence-corrected chi connectivity index (χ4v) is 3.42. The molecule has 150 valence electrons. The van der Waals surface area contributed by atoms with Crippen LogP contribution in [0.3, 0.4) is 0 Å². The Morgan fingerprint density at radius 3 is 2.52 bits per heavy atom. The Morgan fingerprint density at radius 2 is 1.83 bits per heavy atom. The van der Waals surface area contributed by atoms with E-state index >= 15 is 0 Å². The molecule has 29 heavy (non-hydrogen) atoms. The van der Waals surface area contributed by atoms with Gasteiger partial charge in [-0.25, -0.2) is 4.98 Å². The van der Waals surface area contributed by atoms with Gasteiger partial charge in [0.15, 0.2) is 0 Å². The van der Waals surface area contributed by atoms with Crippen molar-refractivity contribution in [1.29, 1.82) is 0 Å². The number of likely N-dealkylation sites (N-methyl/N-ethyl adjacent to an activating group) is 1. The van der Waals surface area contributed by atoms with Gasteiger partial charge in [-0.2, -0.15) is 13.2 Å². The summed E-state index contributed by atoms with van der Waals surface area (Å²) in [5.41, 5.74) is -0.0626.